The molecule has 96 valence electrons. The summed E-state index contributed by atoms with van der Waals surface area (Å²) in [6, 6.07) is 0. The van der Waals surface area contributed by atoms with Crippen molar-refractivity contribution in [1.82, 2.24) is 0 Å². The van der Waals surface area contributed by atoms with Gasteiger partial charge in [0.2, 0.25) is 0 Å². The van der Waals surface area contributed by atoms with Crippen LogP contribution in [0.5, 0.6) is 0 Å². The summed E-state index contributed by atoms with van der Waals surface area (Å²) in [5, 5.41) is 0. The Balaban J connectivity index is -0.0000000400. The summed E-state index contributed by atoms with van der Waals surface area (Å²) in [5.74, 6) is 0. The number of halogens is 12. The largest absolute Gasteiger partial charge is 3.00 e. The summed E-state index contributed by atoms with van der Waals surface area (Å²) in [5.41, 5.74) is 0. The van der Waals surface area contributed by atoms with Gasteiger partial charge in [-0.25, -0.2) is 0 Å². The standard InChI is InChI=1S/3Hg.12HI.2In/h;;;12*1H;;/q3*+2;;;;;;;;;;;;;2*+3/p-12. The molecule has 0 aromatic heterocycles. The Morgan fingerprint density at radius 2 is 0.294 bits per heavy atom. The first-order chi connectivity index (χ1) is 6.00. The third kappa shape index (κ3) is 123. The molecule has 0 unspecified atom stereocenters. The molecule has 0 atom stereocenters. The number of rotatable bonds is 0. The van der Waals surface area contributed by atoms with Gasteiger partial charge in [-0.1, -0.05) is 0 Å². The topological polar surface area (TPSA) is 0 Å². The van der Waals surface area contributed by atoms with E-state index in [9.17, 15) is 0 Å². The van der Waals surface area contributed by atoms with Gasteiger partial charge in [0.25, 0.3) is 0 Å². The van der Waals surface area contributed by atoms with E-state index in [1.54, 1.807) is 0 Å². The van der Waals surface area contributed by atoms with Crippen LogP contribution in [0.15, 0.2) is 0 Å². The van der Waals surface area contributed by atoms with Crippen molar-refractivity contribution in [1.29, 1.82) is 0 Å². The summed E-state index contributed by atoms with van der Waals surface area (Å²) in [6.45, 7) is 0. The zero-order valence-electron chi connectivity index (χ0n) is 7.81. The molecular weight excluding hydrogens is 2350 g/mol. The Morgan fingerprint density at radius 3 is 0.294 bits per heavy atom. The van der Waals surface area contributed by atoms with Gasteiger partial charge >= 0.3 is 276 Å². The van der Waals surface area contributed by atoms with Crippen LogP contribution in [0, 0.1) is 0 Å². The molecule has 0 heterocycles. The van der Waals surface area contributed by atoms with Gasteiger partial charge in [-0.05, 0) is 0 Å². The minimum Gasteiger partial charge on any atom is 3.00 e. The van der Waals surface area contributed by atoms with E-state index in [1.807, 2.05) is 0 Å². The Morgan fingerprint density at radius 1 is 0.294 bits per heavy atom. The molecule has 17 heteroatoms. The molecular formula is Hg3I12In2. The quantitative estimate of drug-likeness (QED) is 0.168. The summed E-state index contributed by atoms with van der Waals surface area (Å²) >= 11 is 30.9. The molecule has 0 saturated heterocycles. The maximum absolute atomic E-state index is 2.57. The van der Waals surface area contributed by atoms with Crippen molar-refractivity contribution in [2.75, 3.05) is 0 Å². The number of hydrogen-bond acceptors (Lipinski definition) is 0. The fourth-order valence-electron chi connectivity index (χ4n) is 0. The molecule has 0 aliphatic carbocycles. The van der Waals surface area contributed by atoms with E-state index in [2.05, 4.69) is 212 Å². The second-order valence-electron chi connectivity index (χ2n) is 1.82. The first-order valence-corrected chi connectivity index (χ1v) is 189. The second-order valence-corrected chi connectivity index (χ2v) is 718. The van der Waals surface area contributed by atoms with Gasteiger partial charge < -0.3 is 0 Å². The van der Waals surface area contributed by atoms with E-state index in [0.717, 1.165) is 0 Å². The zero-order valence-corrected chi connectivity index (χ0v) is 56.8. The maximum Gasteiger partial charge on any atom is 3.00 e. The Bertz CT molecular complexity index is 94.8. The maximum atomic E-state index is 2.57. The normalized spacial score (nSPS) is 10.6. The van der Waals surface area contributed by atoms with Crippen LogP contribution in [0.25, 0.3) is 0 Å². The molecule has 0 amide bonds. The van der Waals surface area contributed by atoms with Crippen molar-refractivity contribution in [2.24, 2.45) is 0 Å². The fraction of sp³-hybridized carbons (Fsp3) is 0. The van der Waals surface area contributed by atoms with E-state index in [1.165, 1.54) is 0 Å². The van der Waals surface area contributed by atoms with Crippen LogP contribution < -0.4 is 0 Å². The van der Waals surface area contributed by atoms with E-state index >= 15 is 0 Å². The van der Waals surface area contributed by atoms with Crippen LogP contribution >= 0.6 is 212 Å². The van der Waals surface area contributed by atoms with Crippen molar-refractivity contribution < 1.29 is 12.5 Å². The Labute approximate surface area is 263 Å². The Kier molecular flexibility index (Phi) is 57.3. The van der Waals surface area contributed by atoms with Crippen molar-refractivity contribution in [3.05, 3.63) is 0 Å². The van der Waals surface area contributed by atoms with Crippen molar-refractivity contribution >= 4 is 264 Å². The molecule has 0 rings (SSSR count). The minimum absolute atomic E-state index is 0. The summed E-state index contributed by atoms with van der Waals surface area (Å²) in [6.07, 6.45) is 0. The van der Waals surface area contributed by atoms with Crippen LogP contribution in [-0.4, -0.2) is 51.7 Å². The number of hydrogen-bond donors (Lipinski definition) is 0. The van der Waals surface area contributed by atoms with Crippen LogP contribution in [0.2, 0.25) is 0 Å². The molecule has 0 aromatic carbocycles. The van der Waals surface area contributed by atoms with E-state index in [-0.39, 0.29) is 51.7 Å². The first-order valence-electron chi connectivity index (χ1n) is 3.21. The molecule has 0 saturated carbocycles. The summed E-state index contributed by atoms with van der Waals surface area (Å²) in [7, 11) is 0. The van der Waals surface area contributed by atoms with Crippen LogP contribution in [0.1, 0.15) is 0 Å². The average molecular weight is 2350 g/mol. The molecule has 0 aromatic rings. The van der Waals surface area contributed by atoms with Gasteiger partial charge in [0.15, 0.2) is 0 Å². The SMILES string of the molecule is [I][Hg-2]([I])([I])[I].[I][Hg-2]([I])([I])[I].[I][Hg-2]([I])([I])[I].[In+3].[In+3]. The fourth-order valence-corrected chi connectivity index (χ4v) is 0. The summed E-state index contributed by atoms with van der Waals surface area (Å²) < 4.78 is -4.53. The Hall–Kier alpha value is 13.3. The average Bonchev–Trinajstić information content (AvgIpc) is 1.41. The molecule has 0 spiro atoms. The van der Waals surface area contributed by atoms with Gasteiger partial charge in [0, 0.05) is 0 Å². The van der Waals surface area contributed by atoms with Gasteiger partial charge in [0.05, 0.1) is 0 Å². The van der Waals surface area contributed by atoms with E-state index in [4.69, 9.17) is 0 Å². The van der Waals surface area contributed by atoms with Gasteiger partial charge in [-0.2, -0.15) is 0 Å². The van der Waals surface area contributed by atoms with E-state index in [0.29, 0.717) is 0 Å². The zero-order chi connectivity index (χ0) is 13.5. The van der Waals surface area contributed by atoms with E-state index < -0.39 is 12.5 Å². The molecule has 0 bridgehead atoms. The van der Waals surface area contributed by atoms with Crippen LogP contribution in [0.3, 0.4) is 0 Å². The molecule has 0 aliphatic rings. The first kappa shape index (κ1) is 40.6. The second kappa shape index (κ2) is 24.0. The van der Waals surface area contributed by atoms with Crippen LogP contribution in [0.4, 0.5) is 0 Å². The monoisotopic (exact) mass is 2360 g/mol. The molecule has 0 radical (unpaired) electrons. The molecule has 0 aliphatic heterocycles. The van der Waals surface area contributed by atoms with Crippen LogP contribution in [-0.2, 0) is 12.5 Å². The predicted octanol–water partition coefficient (Wildman–Crippen LogP) is 9.86. The molecule has 0 N–H and O–H groups in total. The van der Waals surface area contributed by atoms with Gasteiger partial charge in [0.1, 0.15) is 0 Å². The predicted molar refractivity (Wildman–Crippen MR) is 180 cm³/mol. The van der Waals surface area contributed by atoms with Crippen molar-refractivity contribution in [3.63, 3.8) is 0 Å². The molecule has 0 fully saturated rings. The van der Waals surface area contributed by atoms with Gasteiger partial charge in [-0.3, -0.25) is 0 Å². The molecule has 0 nitrogen and oxygen atoms in total. The third-order valence-electron chi connectivity index (χ3n) is 0. The minimum atomic E-state index is -1.51. The summed E-state index contributed by atoms with van der Waals surface area (Å²) in [4.78, 5) is 0. The third-order valence-corrected chi connectivity index (χ3v) is 0. The smallest absolute Gasteiger partial charge is 3.00 e. The molecule has 17 heavy (non-hydrogen) atoms. The van der Waals surface area contributed by atoms with Crippen molar-refractivity contribution in [2.45, 2.75) is 0 Å². The van der Waals surface area contributed by atoms with Crippen molar-refractivity contribution in [3.8, 4) is 0 Å². The van der Waals surface area contributed by atoms with Gasteiger partial charge in [-0.15, -0.1) is 0 Å².